The van der Waals surface area contributed by atoms with Gasteiger partial charge in [0.2, 0.25) is 0 Å². The van der Waals surface area contributed by atoms with Crippen molar-refractivity contribution in [2.24, 2.45) is 4.40 Å². The first-order valence-corrected chi connectivity index (χ1v) is 13.5. The molecule has 8 nitrogen and oxygen atoms in total. The lowest BCUT2D eigenvalue weighted by Gasteiger charge is -2.15. The molecule has 4 aromatic rings. The summed E-state index contributed by atoms with van der Waals surface area (Å²) in [5, 5.41) is 12.4. The number of hydrogen-bond donors (Lipinski definition) is 1. The average molecular weight is 527 g/mol. The highest BCUT2D eigenvalue weighted by Gasteiger charge is 2.29. The lowest BCUT2D eigenvalue weighted by atomic mass is 10.1. The zero-order valence-corrected chi connectivity index (χ0v) is 21.9. The minimum Gasteiger partial charge on any atom is -0.489 e. The number of fused-ring (bicyclic) bond motifs is 1. The number of ether oxygens (including phenoxy) is 1. The summed E-state index contributed by atoms with van der Waals surface area (Å²) in [5.74, 6) is -0.418. The highest BCUT2D eigenvalue weighted by molar-refractivity contribution is 7.91. The molecular weight excluding hydrogens is 500 g/mol. The van der Waals surface area contributed by atoms with E-state index in [4.69, 9.17) is 14.3 Å². The maximum Gasteiger partial charge on any atom is 0.307 e. The summed E-state index contributed by atoms with van der Waals surface area (Å²) in [6, 6.07) is 12.7. The second-order valence-corrected chi connectivity index (χ2v) is 12.5. The predicted octanol–water partition coefficient (Wildman–Crippen LogP) is 5.70. The molecule has 0 saturated heterocycles. The van der Waals surface area contributed by atoms with E-state index in [1.165, 1.54) is 11.3 Å². The van der Waals surface area contributed by atoms with Gasteiger partial charge in [-0.1, -0.05) is 18.2 Å². The lowest BCUT2D eigenvalue weighted by molar-refractivity contribution is -0.136. The average Bonchev–Trinajstić information content (AvgIpc) is 3.46. The van der Waals surface area contributed by atoms with Crippen molar-refractivity contribution in [2.75, 3.05) is 0 Å². The molecule has 0 unspecified atom stereocenters. The summed E-state index contributed by atoms with van der Waals surface area (Å²) in [4.78, 5) is 15.8. The molecule has 2 heterocycles. The Morgan fingerprint density at radius 3 is 2.67 bits per heavy atom. The fourth-order valence-corrected chi connectivity index (χ4v) is 5.00. The Bertz CT molecular complexity index is 1560. The molecule has 0 fully saturated rings. The van der Waals surface area contributed by atoms with Gasteiger partial charge in [-0.3, -0.25) is 4.79 Å². The first-order chi connectivity index (χ1) is 16.9. The van der Waals surface area contributed by atoms with Crippen LogP contribution >= 0.6 is 11.3 Å². The normalized spacial score (nSPS) is 12.7. The van der Waals surface area contributed by atoms with Gasteiger partial charge in [-0.05, 0) is 57.5 Å². The van der Waals surface area contributed by atoms with Crippen LogP contribution in [0.25, 0.3) is 22.2 Å². The Kier molecular flexibility index (Phi) is 7.01. The van der Waals surface area contributed by atoms with Gasteiger partial charge in [0.25, 0.3) is 10.0 Å². The first kappa shape index (κ1) is 25.6. The Morgan fingerprint density at radius 2 is 1.94 bits per heavy atom. The van der Waals surface area contributed by atoms with E-state index in [2.05, 4.69) is 9.38 Å². The topological polar surface area (TPSA) is 119 Å². The highest BCUT2D eigenvalue weighted by Crippen LogP contribution is 2.33. The van der Waals surface area contributed by atoms with Crippen LogP contribution in [0.2, 0.25) is 0 Å². The van der Waals surface area contributed by atoms with E-state index in [-0.39, 0.29) is 13.0 Å². The maximum atomic E-state index is 12.5. The highest BCUT2D eigenvalue weighted by atomic mass is 32.2. The number of benzene rings is 2. The molecular formula is C26H26N2O6S2. The molecule has 188 valence electrons. The van der Waals surface area contributed by atoms with Crippen molar-refractivity contribution < 1.29 is 27.5 Å². The van der Waals surface area contributed by atoms with Crippen LogP contribution in [0.5, 0.6) is 5.75 Å². The largest absolute Gasteiger partial charge is 0.489 e. The minimum atomic E-state index is -3.70. The van der Waals surface area contributed by atoms with Crippen molar-refractivity contribution in [1.82, 2.24) is 4.98 Å². The van der Waals surface area contributed by atoms with Crippen LogP contribution in [0.4, 0.5) is 0 Å². The number of aromatic nitrogens is 1. The number of sulfonamides is 1. The van der Waals surface area contributed by atoms with Gasteiger partial charge in [-0.25, -0.2) is 13.4 Å². The third-order valence-corrected chi connectivity index (χ3v) is 8.45. The number of hydrogen-bond acceptors (Lipinski definition) is 7. The summed E-state index contributed by atoms with van der Waals surface area (Å²) >= 11 is 1.30. The fraction of sp³-hybridized carbons (Fsp3) is 0.269. The van der Waals surface area contributed by atoms with Crippen LogP contribution in [0.1, 0.15) is 43.8 Å². The molecule has 0 spiro atoms. The number of thiazole rings is 1. The van der Waals surface area contributed by atoms with E-state index in [0.717, 1.165) is 16.5 Å². The van der Waals surface area contributed by atoms with Crippen LogP contribution in [-0.2, 0) is 27.8 Å². The van der Waals surface area contributed by atoms with Gasteiger partial charge in [-0.15, -0.1) is 11.3 Å². The van der Waals surface area contributed by atoms with Crippen molar-refractivity contribution in [1.29, 1.82) is 0 Å². The molecule has 0 radical (unpaired) electrons. The van der Waals surface area contributed by atoms with Crippen molar-refractivity contribution >= 4 is 44.0 Å². The number of aliphatic carboxylic acids is 1. The summed E-state index contributed by atoms with van der Waals surface area (Å²) in [7, 11) is -3.70. The smallest absolute Gasteiger partial charge is 0.307 e. The van der Waals surface area contributed by atoms with Gasteiger partial charge < -0.3 is 14.3 Å². The van der Waals surface area contributed by atoms with Crippen LogP contribution in [-0.4, -0.2) is 34.9 Å². The zero-order chi connectivity index (χ0) is 26.1. The molecule has 0 atom stereocenters. The maximum absolute atomic E-state index is 12.5. The summed E-state index contributed by atoms with van der Waals surface area (Å²) < 4.78 is 39.6. The van der Waals surface area contributed by atoms with E-state index in [0.29, 0.717) is 33.3 Å². The molecule has 0 amide bonds. The molecule has 2 aromatic heterocycles. The zero-order valence-electron chi connectivity index (χ0n) is 20.3. The van der Waals surface area contributed by atoms with Gasteiger partial charge in [0.15, 0.2) is 0 Å². The van der Waals surface area contributed by atoms with Crippen LogP contribution < -0.4 is 4.74 Å². The number of carbonyl (C=O) groups is 1. The Hall–Kier alpha value is -3.50. The first-order valence-electron chi connectivity index (χ1n) is 11.1. The molecule has 10 heteroatoms. The molecule has 0 aliphatic heterocycles. The quantitative estimate of drug-likeness (QED) is 0.293. The molecule has 1 N–H and O–H groups in total. The standard InChI is InChI=1S/C26H26N2O6S2/c1-16(28-36(31,32)26(2,3)4)25-27-21(15-35-25)20-12-17(11-19-9-10-33-24(19)20)14-34-22-8-6-5-7-18(22)13-23(29)30/h5-12,15H,13-14H2,1-4H3,(H,29,30). The van der Waals surface area contributed by atoms with Gasteiger partial charge in [0.1, 0.15) is 22.9 Å². The lowest BCUT2D eigenvalue weighted by Crippen LogP contribution is -2.26. The Balaban J connectivity index is 1.65. The molecule has 0 bridgehead atoms. The number of carboxylic acid groups (broad SMARTS) is 1. The van der Waals surface area contributed by atoms with Crippen molar-refractivity contribution in [2.45, 2.75) is 45.5 Å². The minimum absolute atomic E-state index is 0.129. The van der Waals surface area contributed by atoms with Crippen molar-refractivity contribution in [3.05, 3.63) is 70.2 Å². The third-order valence-electron chi connectivity index (χ3n) is 5.44. The molecule has 2 aromatic carbocycles. The number of nitrogens with zero attached hydrogens (tertiary/aromatic N) is 2. The van der Waals surface area contributed by atoms with Crippen molar-refractivity contribution in [3.63, 3.8) is 0 Å². The van der Waals surface area contributed by atoms with Crippen molar-refractivity contribution in [3.8, 4) is 17.0 Å². The van der Waals surface area contributed by atoms with E-state index in [1.807, 2.05) is 23.6 Å². The van der Waals surface area contributed by atoms with Gasteiger partial charge in [-0.2, -0.15) is 4.40 Å². The Morgan fingerprint density at radius 1 is 1.19 bits per heavy atom. The van der Waals surface area contributed by atoms with Gasteiger partial charge >= 0.3 is 5.97 Å². The fourth-order valence-electron chi connectivity index (χ4n) is 3.45. The summed E-state index contributed by atoms with van der Waals surface area (Å²) in [6.07, 6.45) is 1.46. The van der Waals surface area contributed by atoms with E-state index < -0.39 is 20.7 Å². The summed E-state index contributed by atoms with van der Waals surface area (Å²) in [5.41, 5.74) is 3.79. The van der Waals surface area contributed by atoms with E-state index >= 15 is 0 Å². The van der Waals surface area contributed by atoms with Crippen LogP contribution in [0, 0.1) is 0 Å². The van der Waals surface area contributed by atoms with Crippen LogP contribution in [0.3, 0.4) is 0 Å². The van der Waals surface area contributed by atoms with Gasteiger partial charge in [0, 0.05) is 21.9 Å². The third kappa shape index (κ3) is 5.50. The molecule has 0 aliphatic carbocycles. The van der Waals surface area contributed by atoms with E-state index in [9.17, 15) is 13.2 Å². The number of rotatable bonds is 8. The van der Waals surface area contributed by atoms with Gasteiger partial charge in [0.05, 0.1) is 28.8 Å². The number of carboxylic acids is 1. The predicted molar refractivity (Wildman–Crippen MR) is 140 cm³/mol. The van der Waals surface area contributed by atoms with Crippen LogP contribution in [0.15, 0.2) is 62.9 Å². The Labute approximate surface area is 213 Å². The molecule has 0 saturated carbocycles. The second kappa shape index (κ2) is 9.87. The molecule has 4 rings (SSSR count). The molecule has 36 heavy (non-hydrogen) atoms. The van der Waals surface area contributed by atoms with E-state index in [1.54, 1.807) is 58.2 Å². The summed E-state index contributed by atoms with van der Waals surface area (Å²) in [6.45, 7) is 6.66. The monoisotopic (exact) mass is 526 g/mol. The number of furan rings is 1. The SMILES string of the molecule is CC(=NS(=O)(=O)C(C)(C)C)c1nc(-c2cc(COc3ccccc3CC(=O)O)cc3ccoc23)cs1. The number of para-hydroxylation sites is 1. The molecule has 0 aliphatic rings. The second-order valence-electron chi connectivity index (χ2n) is 9.25.